The van der Waals surface area contributed by atoms with Gasteiger partial charge in [0.05, 0.1) is 7.11 Å². The maximum absolute atomic E-state index is 11.7. The molecule has 0 aliphatic heterocycles. The number of hydroxylamine groups is 3. The molecule has 0 rings (SSSR count). The largest absolute Gasteiger partial charge is 0.547 e. The lowest BCUT2D eigenvalue weighted by molar-refractivity contribution is -1.03. The zero-order valence-corrected chi connectivity index (χ0v) is 6.00. The minimum Gasteiger partial charge on any atom is -0.433 e. The van der Waals surface area contributed by atoms with E-state index in [1.807, 2.05) is 0 Å². The Balaban J connectivity index is 4.08. The first kappa shape index (κ1) is 9.32. The highest BCUT2D eigenvalue weighted by atomic mass is 19.1. The van der Waals surface area contributed by atoms with E-state index >= 15 is 0 Å². The van der Waals surface area contributed by atoms with Gasteiger partial charge in [-0.15, -0.1) is 0 Å². The highest BCUT2D eigenvalue weighted by Gasteiger charge is 2.32. The smallest absolute Gasteiger partial charge is 0.433 e. The average Bonchev–Trinajstić information content (AvgIpc) is 1.88. The van der Waals surface area contributed by atoms with Crippen LogP contribution in [0.4, 0.5) is 9.18 Å². The number of carboxylic acid groups (broad SMARTS) is 1. The van der Waals surface area contributed by atoms with Crippen LogP contribution >= 0.6 is 0 Å². The summed E-state index contributed by atoms with van der Waals surface area (Å²) in [6.07, 6.45) is -1.19. The van der Waals surface area contributed by atoms with Crippen LogP contribution in [0.15, 0.2) is 0 Å². The topological polar surface area (TPSA) is 46.5 Å². The quantitative estimate of drug-likeness (QED) is 0.477. The highest BCUT2D eigenvalue weighted by Crippen LogP contribution is 2.02. The van der Waals surface area contributed by atoms with Crippen LogP contribution in [0.2, 0.25) is 0 Å². The lowest BCUT2D eigenvalue weighted by atomic mass is 10.6. The van der Waals surface area contributed by atoms with Gasteiger partial charge in [0.1, 0.15) is 20.3 Å². The van der Waals surface area contributed by atoms with E-state index in [0.29, 0.717) is 0 Å². The number of hydrogen-bond acceptors (Lipinski definition) is 2. The number of hydrogen-bond donors (Lipinski definition) is 1. The molecule has 1 unspecified atom stereocenters. The fraction of sp³-hybridized carbons (Fsp3) is 0.800. The molecule has 0 aliphatic rings. The molecular formula is C5H11FNO3+. The first-order chi connectivity index (χ1) is 4.56. The van der Waals surface area contributed by atoms with Crippen LogP contribution in [0.1, 0.15) is 0 Å². The van der Waals surface area contributed by atoms with Crippen LogP contribution in [0, 0.1) is 0 Å². The molecular weight excluding hydrogens is 141 g/mol. The molecule has 0 spiro atoms. The van der Waals surface area contributed by atoms with Gasteiger partial charge in [-0.05, 0) is 0 Å². The van der Waals surface area contributed by atoms with Crippen LogP contribution in [0.25, 0.3) is 0 Å². The lowest BCUT2D eigenvalue weighted by Gasteiger charge is -2.21. The van der Waals surface area contributed by atoms with Crippen molar-refractivity contribution in [1.82, 2.24) is 0 Å². The van der Waals surface area contributed by atoms with E-state index in [2.05, 4.69) is 4.84 Å². The summed E-state index contributed by atoms with van der Waals surface area (Å²) >= 11 is 0. The number of halogens is 1. The van der Waals surface area contributed by atoms with Crippen molar-refractivity contribution < 1.29 is 23.8 Å². The normalized spacial score (nSPS) is 16.3. The summed E-state index contributed by atoms with van der Waals surface area (Å²) in [4.78, 5) is 14.9. The van der Waals surface area contributed by atoms with Gasteiger partial charge in [-0.25, -0.2) is 4.39 Å². The Morgan fingerprint density at radius 2 is 2.30 bits per heavy atom. The molecule has 0 fully saturated rings. The number of nitrogens with zero attached hydrogens (tertiary/aromatic N) is 1. The molecule has 60 valence electrons. The Kier molecular flexibility index (Phi) is 3.24. The maximum atomic E-state index is 11.7. The van der Waals surface area contributed by atoms with E-state index in [-0.39, 0.29) is 6.54 Å². The molecule has 0 aromatic heterocycles. The second-order valence-corrected chi connectivity index (χ2v) is 1.98. The van der Waals surface area contributed by atoms with E-state index in [1.165, 1.54) is 14.2 Å². The number of quaternary nitrogens is 1. The molecule has 0 saturated carbocycles. The summed E-state index contributed by atoms with van der Waals surface area (Å²) in [5.74, 6) is 0. The summed E-state index contributed by atoms with van der Waals surface area (Å²) < 4.78 is 10.9. The first-order valence-corrected chi connectivity index (χ1v) is 2.77. The van der Waals surface area contributed by atoms with Crippen molar-refractivity contribution in [3.8, 4) is 0 Å². The standard InChI is InChI=1S/C5H10FNO3/c1-7(10-2,4-3-6)5(8)9/h3-4H2,1-2H3/p+1. The van der Waals surface area contributed by atoms with Gasteiger partial charge in [0.15, 0.2) is 0 Å². The van der Waals surface area contributed by atoms with Crippen molar-refractivity contribution in [2.75, 3.05) is 27.4 Å². The van der Waals surface area contributed by atoms with Gasteiger partial charge < -0.3 is 5.11 Å². The molecule has 0 heterocycles. The van der Waals surface area contributed by atoms with Crippen LogP contribution in [0.3, 0.4) is 0 Å². The predicted molar refractivity (Wildman–Crippen MR) is 32.1 cm³/mol. The summed E-state index contributed by atoms with van der Waals surface area (Å²) in [6.45, 7) is -0.886. The van der Waals surface area contributed by atoms with Crippen molar-refractivity contribution in [3.05, 3.63) is 0 Å². The number of rotatable bonds is 3. The third kappa shape index (κ3) is 1.93. The third-order valence-electron chi connectivity index (χ3n) is 1.32. The zero-order chi connectivity index (χ0) is 8.20. The van der Waals surface area contributed by atoms with Crippen LogP contribution in [-0.2, 0) is 4.84 Å². The van der Waals surface area contributed by atoms with Crippen LogP contribution in [0.5, 0.6) is 0 Å². The van der Waals surface area contributed by atoms with E-state index < -0.39 is 17.4 Å². The van der Waals surface area contributed by atoms with Gasteiger partial charge in [-0.3, -0.25) is 0 Å². The van der Waals surface area contributed by atoms with Crippen LogP contribution in [-0.4, -0.2) is 43.2 Å². The summed E-state index contributed by atoms with van der Waals surface area (Å²) in [5, 5.41) is 8.44. The predicted octanol–water partition coefficient (Wildman–Crippen LogP) is 0.642. The van der Waals surface area contributed by atoms with Crippen molar-refractivity contribution in [1.29, 1.82) is 0 Å². The number of carbonyl (C=O) groups is 1. The van der Waals surface area contributed by atoms with E-state index in [0.717, 1.165) is 0 Å². The molecule has 0 aromatic rings. The summed E-state index contributed by atoms with van der Waals surface area (Å²) in [5.41, 5.74) is 0. The zero-order valence-electron chi connectivity index (χ0n) is 6.00. The SMILES string of the molecule is CO[N+](C)(CCF)C(=O)O. The fourth-order valence-electron chi connectivity index (χ4n) is 0.426. The Morgan fingerprint density at radius 1 is 1.80 bits per heavy atom. The second-order valence-electron chi connectivity index (χ2n) is 1.98. The molecule has 10 heavy (non-hydrogen) atoms. The third-order valence-corrected chi connectivity index (χ3v) is 1.32. The molecule has 0 aromatic carbocycles. The van der Waals surface area contributed by atoms with Gasteiger partial charge >= 0.3 is 6.09 Å². The van der Waals surface area contributed by atoms with Gasteiger partial charge in [-0.1, -0.05) is 4.65 Å². The number of amides is 1. The van der Waals surface area contributed by atoms with E-state index in [1.54, 1.807) is 0 Å². The first-order valence-electron chi connectivity index (χ1n) is 2.77. The van der Waals surface area contributed by atoms with Gasteiger partial charge in [0.2, 0.25) is 0 Å². The fourth-order valence-corrected chi connectivity index (χ4v) is 0.426. The van der Waals surface area contributed by atoms with Crippen molar-refractivity contribution >= 4 is 6.09 Å². The summed E-state index contributed by atoms with van der Waals surface area (Å²) in [7, 11) is 2.51. The van der Waals surface area contributed by atoms with Crippen LogP contribution < -0.4 is 0 Å². The average molecular weight is 152 g/mol. The monoisotopic (exact) mass is 152 g/mol. The number of alkyl halides is 1. The minimum absolute atomic E-state index is 0.175. The lowest BCUT2D eigenvalue weighted by Crippen LogP contribution is -2.48. The molecule has 1 amide bonds. The van der Waals surface area contributed by atoms with Gasteiger partial charge in [0.25, 0.3) is 0 Å². The second kappa shape index (κ2) is 3.48. The highest BCUT2D eigenvalue weighted by molar-refractivity contribution is 5.55. The van der Waals surface area contributed by atoms with Gasteiger partial charge in [0, 0.05) is 0 Å². The molecule has 5 heteroatoms. The summed E-state index contributed by atoms with van der Waals surface area (Å²) in [6, 6.07) is 0. The molecule has 1 N–H and O–H groups in total. The van der Waals surface area contributed by atoms with Crippen molar-refractivity contribution in [2.45, 2.75) is 0 Å². The maximum Gasteiger partial charge on any atom is 0.547 e. The van der Waals surface area contributed by atoms with E-state index in [4.69, 9.17) is 5.11 Å². The Hall–Kier alpha value is -0.680. The van der Waals surface area contributed by atoms with Crippen molar-refractivity contribution in [3.63, 3.8) is 0 Å². The Labute approximate surface area is 58.4 Å². The molecule has 0 bridgehead atoms. The molecule has 0 aliphatic carbocycles. The van der Waals surface area contributed by atoms with Gasteiger partial charge in [-0.2, -0.15) is 9.63 Å². The Bertz CT molecular complexity index is 130. The molecule has 0 saturated heterocycles. The molecule has 1 atom stereocenters. The van der Waals surface area contributed by atoms with E-state index in [9.17, 15) is 9.18 Å². The molecule has 4 nitrogen and oxygen atoms in total. The van der Waals surface area contributed by atoms with Crippen molar-refractivity contribution in [2.24, 2.45) is 0 Å². The Morgan fingerprint density at radius 3 is 2.40 bits per heavy atom. The molecule has 0 radical (unpaired) electrons. The minimum atomic E-state index is -1.19.